The Kier molecular flexibility index (Phi) is 6.20. The summed E-state index contributed by atoms with van der Waals surface area (Å²) in [5, 5.41) is 3.57. The van der Waals surface area contributed by atoms with Gasteiger partial charge in [0.1, 0.15) is 11.1 Å². The van der Waals surface area contributed by atoms with E-state index in [2.05, 4.69) is 10.3 Å². The van der Waals surface area contributed by atoms with Crippen molar-refractivity contribution in [2.75, 3.05) is 5.32 Å². The van der Waals surface area contributed by atoms with Crippen LogP contribution in [0, 0.1) is 6.92 Å². The number of benzene rings is 2. The number of carbonyl (C=O) groups is 1. The van der Waals surface area contributed by atoms with Gasteiger partial charge in [0.15, 0.2) is 0 Å². The van der Waals surface area contributed by atoms with Gasteiger partial charge < -0.3 is 5.32 Å². The highest BCUT2D eigenvalue weighted by Crippen LogP contribution is 2.36. The first-order valence-corrected chi connectivity index (χ1v) is 9.56. The molecule has 132 valence electrons. The van der Waals surface area contributed by atoms with Crippen molar-refractivity contribution in [2.24, 2.45) is 0 Å². The molecular weight excluding hydrogens is 387 g/mol. The average Bonchev–Trinajstić information content (AvgIpc) is 2.64. The first-order chi connectivity index (χ1) is 12.5. The Morgan fingerprint density at radius 3 is 2.23 bits per heavy atom. The van der Waals surface area contributed by atoms with Gasteiger partial charge in [0.25, 0.3) is 0 Å². The summed E-state index contributed by atoms with van der Waals surface area (Å²) in [5.74, 6) is 0.301. The summed E-state index contributed by atoms with van der Waals surface area (Å²) in [4.78, 5) is 18.1. The lowest BCUT2D eigenvalue weighted by atomic mass is 10.1. The van der Waals surface area contributed by atoms with Gasteiger partial charge in [0, 0.05) is 16.1 Å². The molecule has 0 bridgehead atoms. The number of hydrogen-bond acceptors (Lipinski definition) is 3. The number of carbonyl (C=O) groups excluding carboxylic acids is 1. The lowest BCUT2D eigenvalue weighted by Crippen LogP contribution is -2.19. The molecule has 1 N–H and O–H groups in total. The minimum absolute atomic E-state index is 0.160. The number of thioether (sulfide) groups is 1. The van der Waals surface area contributed by atoms with Crippen LogP contribution in [0.15, 0.2) is 71.8 Å². The van der Waals surface area contributed by atoms with Gasteiger partial charge in [-0.05, 0) is 48.9 Å². The third-order valence-corrected chi connectivity index (χ3v) is 5.41. The van der Waals surface area contributed by atoms with Crippen LogP contribution in [-0.2, 0) is 4.79 Å². The minimum Gasteiger partial charge on any atom is -0.309 e. The van der Waals surface area contributed by atoms with Gasteiger partial charge in [-0.1, -0.05) is 53.0 Å². The van der Waals surface area contributed by atoms with Crippen LogP contribution in [0.3, 0.4) is 0 Å². The molecule has 0 aliphatic rings. The fourth-order valence-electron chi connectivity index (χ4n) is 2.30. The largest absolute Gasteiger partial charge is 0.309 e. The van der Waals surface area contributed by atoms with E-state index in [1.54, 1.807) is 24.3 Å². The van der Waals surface area contributed by atoms with Crippen molar-refractivity contribution in [1.29, 1.82) is 0 Å². The van der Waals surface area contributed by atoms with E-state index in [9.17, 15) is 4.79 Å². The Hall–Kier alpha value is -2.01. The maximum atomic E-state index is 12.9. The fourth-order valence-corrected chi connectivity index (χ4v) is 3.57. The highest BCUT2D eigenvalue weighted by Gasteiger charge is 2.22. The van der Waals surface area contributed by atoms with Crippen LogP contribution in [0.25, 0.3) is 0 Å². The fraction of sp³-hybridized carbons (Fsp3) is 0.100. The molecular formula is C20H16Cl2N2OS. The molecule has 0 fully saturated rings. The number of anilines is 1. The Balaban J connectivity index is 1.85. The second-order valence-corrected chi connectivity index (χ2v) is 7.76. The number of aryl methyl sites for hydroxylation is 1. The SMILES string of the molecule is Cc1ccc(SC(C(=O)Nc2ccc(Cl)cn2)c2ccc(Cl)cc2)cc1. The van der Waals surface area contributed by atoms with E-state index in [1.165, 1.54) is 23.5 Å². The van der Waals surface area contributed by atoms with E-state index in [0.29, 0.717) is 15.9 Å². The van der Waals surface area contributed by atoms with Crippen LogP contribution < -0.4 is 5.32 Å². The van der Waals surface area contributed by atoms with Crippen molar-refractivity contribution < 1.29 is 4.79 Å². The van der Waals surface area contributed by atoms with Gasteiger partial charge in [-0.3, -0.25) is 4.79 Å². The van der Waals surface area contributed by atoms with Gasteiger partial charge >= 0.3 is 0 Å². The molecule has 3 rings (SSSR count). The predicted molar refractivity (Wildman–Crippen MR) is 109 cm³/mol. The number of pyridine rings is 1. The van der Waals surface area contributed by atoms with Crippen LogP contribution in [0.2, 0.25) is 10.0 Å². The van der Waals surface area contributed by atoms with Gasteiger partial charge in [0.05, 0.1) is 5.02 Å². The summed E-state index contributed by atoms with van der Waals surface area (Å²) in [6.07, 6.45) is 1.50. The molecule has 0 aliphatic carbocycles. The lowest BCUT2D eigenvalue weighted by Gasteiger charge is -2.17. The molecule has 1 amide bonds. The predicted octanol–water partition coefficient (Wildman–Crippen LogP) is 6.17. The molecule has 1 aromatic heterocycles. The molecule has 0 spiro atoms. The first-order valence-electron chi connectivity index (χ1n) is 7.92. The maximum Gasteiger partial charge on any atom is 0.243 e. The highest BCUT2D eigenvalue weighted by molar-refractivity contribution is 8.00. The zero-order chi connectivity index (χ0) is 18.5. The summed E-state index contributed by atoms with van der Waals surface area (Å²) in [6.45, 7) is 2.03. The van der Waals surface area contributed by atoms with Gasteiger partial charge in [-0.15, -0.1) is 11.8 Å². The zero-order valence-electron chi connectivity index (χ0n) is 13.9. The number of nitrogens with one attached hydrogen (secondary N) is 1. The van der Waals surface area contributed by atoms with Crippen molar-refractivity contribution >= 4 is 46.7 Å². The average molecular weight is 403 g/mol. The smallest absolute Gasteiger partial charge is 0.243 e. The number of rotatable bonds is 5. The van der Waals surface area contributed by atoms with Crippen molar-refractivity contribution in [2.45, 2.75) is 17.1 Å². The van der Waals surface area contributed by atoms with Gasteiger partial charge in [0.2, 0.25) is 5.91 Å². The Bertz CT molecular complexity index is 881. The molecule has 2 aromatic carbocycles. The van der Waals surface area contributed by atoms with E-state index >= 15 is 0 Å². The van der Waals surface area contributed by atoms with E-state index < -0.39 is 5.25 Å². The molecule has 26 heavy (non-hydrogen) atoms. The van der Waals surface area contributed by atoms with E-state index in [4.69, 9.17) is 23.2 Å². The summed E-state index contributed by atoms with van der Waals surface area (Å²) in [5.41, 5.74) is 2.04. The van der Waals surface area contributed by atoms with Crippen LogP contribution in [-0.4, -0.2) is 10.9 Å². The van der Waals surface area contributed by atoms with Crippen LogP contribution >= 0.6 is 35.0 Å². The number of hydrogen-bond donors (Lipinski definition) is 1. The number of aromatic nitrogens is 1. The maximum absolute atomic E-state index is 12.9. The molecule has 3 nitrogen and oxygen atoms in total. The highest BCUT2D eigenvalue weighted by atomic mass is 35.5. The molecule has 1 heterocycles. The summed E-state index contributed by atoms with van der Waals surface area (Å²) >= 11 is 13.3. The molecule has 1 unspecified atom stereocenters. The zero-order valence-corrected chi connectivity index (χ0v) is 16.3. The van der Waals surface area contributed by atoms with Crippen molar-refractivity contribution in [3.8, 4) is 0 Å². The van der Waals surface area contributed by atoms with E-state index in [-0.39, 0.29) is 5.91 Å². The second-order valence-electron chi connectivity index (χ2n) is 5.71. The first kappa shape index (κ1) is 18.8. The standard InChI is InChI=1S/C20H16Cl2N2OS/c1-13-2-9-17(10-3-13)26-19(14-4-6-15(21)7-5-14)20(25)24-18-11-8-16(22)12-23-18/h2-12,19H,1H3,(H,23,24,25). The number of halogens is 2. The second kappa shape index (κ2) is 8.58. The Labute approximate surface area is 166 Å². The van der Waals surface area contributed by atoms with Crippen LogP contribution in [0.5, 0.6) is 0 Å². The third-order valence-electron chi connectivity index (χ3n) is 3.66. The number of amides is 1. The Morgan fingerprint density at radius 1 is 0.962 bits per heavy atom. The molecule has 0 saturated carbocycles. The van der Waals surface area contributed by atoms with Crippen LogP contribution in [0.1, 0.15) is 16.4 Å². The quantitative estimate of drug-likeness (QED) is 0.518. The molecule has 3 aromatic rings. The topological polar surface area (TPSA) is 42.0 Å². The minimum atomic E-state index is -0.438. The molecule has 1 atom stereocenters. The van der Waals surface area contributed by atoms with Gasteiger partial charge in [-0.25, -0.2) is 4.98 Å². The van der Waals surface area contributed by atoms with E-state index in [1.807, 2.05) is 43.3 Å². The van der Waals surface area contributed by atoms with Crippen LogP contribution in [0.4, 0.5) is 5.82 Å². The van der Waals surface area contributed by atoms with Crippen molar-refractivity contribution in [1.82, 2.24) is 4.98 Å². The lowest BCUT2D eigenvalue weighted by molar-refractivity contribution is -0.115. The summed E-state index contributed by atoms with van der Waals surface area (Å²) < 4.78 is 0. The third kappa shape index (κ3) is 5.01. The number of nitrogens with zero attached hydrogens (tertiary/aromatic N) is 1. The molecule has 6 heteroatoms. The summed E-state index contributed by atoms with van der Waals surface area (Å²) in [7, 11) is 0. The van der Waals surface area contributed by atoms with Gasteiger partial charge in [-0.2, -0.15) is 0 Å². The van der Waals surface area contributed by atoms with Crippen molar-refractivity contribution in [3.05, 3.63) is 88.0 Å². The Morgan fingerprint density at radius 2 is 1.62 bits per heavy atom. The van der Waals surface area contributed by atoms with E-state index in [0.717, 1.165) is 10.5 Å². The molecule has 0 aliphatic heterocycles. The monoisotopic (exact) mass is 402 g/mol. The summed E-state index contributed by atoms with van der Waals surface area (Å²) in [6, 6.07) is 18.7. The molecule has 0 radical (unpaired) electrons. The molecule has 0 saturated heterocycles. The normalized spacial score (nSPS) is 11.8. The van der Waals surface area contributed by atoms with Crippen molar-refractivity contribution in [3.63, 3.8) is 0 Å².